The summed E-state index contributed by atoms with van der Waals surface area (Å²) >= 11 is 0. The van der Waals surface area contributed by atoms with Gasteiger partial charge in [0.2, 0.25) is 0 Å². The average Bonchev–Trinajstić information content (AvgIpc) is 2.80. The molecule has 1 fully saturated rings. The summed E-state index contributed by atoms with van der Waals surface area (Å²) in [4.78, 5) is 8.18. The molecule has 0 unspecified atom stereocenters. The standard InChI is InChI=1S/C17H17N3/c1-11-4-2-3-5-14(11)17-19-15-7-6-12(8-16(15)20-17)13-9-18-10-13/h2-8,13,18H,9-10H2,1H3,(H,19,20). The SMILES string of the molecule is Cc1ccccc1-c1nc2ccc(C3CNC3)cc2[nH]1. The number of nitrogens with one attached hydrogen (secondary N) is 2. The summed E-state index contributed by atoms with van der Waals surface area (Å²) in [7, 11) is 0. The molecule has 2 N–H and O–H groups in total. The maximum atomic E-state index is 4.72. The Bertz CT molecular complexity index is 769. The zero-order chi connectivity index (χ0) is 13.5. The third-order valence-electron chi connectivity index (χ3n) is 4.16. The second-order valence-corrected chi connectivity index (χ2v) is 5.53. The molecule has 2 aromatic carbocycles. The molecule has 1 aromatic heterocycles. The molecule has 100 valence electrons. The number of benzene rings is 2. The minimum absolute atomic E-state index is 0.657. The molecular formula is C17H17N3. The number of hydrogen-bond donors (Lipinski definition) is 2. The number of aromatic nitrogens is 2. The van der Waals surface area contributed by atoms with Gasteiger partial charge < -0.3 is 10.3 Å². The summed E-state index contributed by atoms with van der Waals surface area (Å²) in [5, 5.41) is 3.32. The van der Waals surface area contributed by atoms with Crippen molar-refractivity contribution in [1.82, 2.24) is 15.3 Å². The van der Waals surface area contributed by atoms with E-state index in [1.807, 2.05) is 0 Å². The fourth-order valence-corrected chi connectivity index (χ4v) is 2.77. The van der Waals surface area contributed by atoms with E-state index in [4.69, 9.17) is 4.98 Å². The molecule has 1 saturated heterocycles. The number of H-pyrrole nitrogens is 1. The van der Waals surface area contributed by atoms with Gasteiger partial charge in [0, 0.05) is 24.6 Å². The van der Waals surface area contributed by atoms with Gasteiger partial charge >= 0.3 is 0 Å². The minimum Gasteiger partial charge on any atom is -0.338 e. The second kappa shape index (κ2) is 4.46. The van der Waals surface area contributed by atoms with Crippen molar-refractivity contribution in [2.75, 3.05) is 13.1 Å². The molecule has 0 atom stereocenters. The predicted octanol–water partition coefficient (Wildman–Crippen LogP) is 3.23. The van der Waals surface area contributed by atoms with E-state index < -0.39 is 0 Å². The van der Waals surface area contributed by atoms with Crippen molar-refractivity contribution in [3.63, 3.8) is 0 Å². The van der Waals surface area contributed by atoms with Crippen molar-refractivity contribution in [2.45, 2.75) is 12.8 Å². The van der Waals surface area contributed by atoms with Crippen molar-refractivity contribution < 1.29 is 0 Å². The molecule has 0 amide bonds. The van der Waals surface area contributed by atoms with Crippen molar-refractivity contribution in [1.29, 1.82) is 0 Å². The molecule has 0 spiro atoms. The summed E-state index contributed by atoms with van der Waals surface area (Å²) in [5.41, 5.74) is 5.99. The molecule has 2 heterocycles. The van der Waals surface area contributed by atoms with E-state index in [-0.39, 0.29) is 0 Å². The number of fused-ring (bicyclic) bond motifs is 1. The molecule has 3 nitrogen and oxygen atoms in total. The van der Waals surface area contributed by atoms with Crippen LogP contribution in [-0.2, 0) is 0 Å². The summed E-state index contributed by atoms with van der Waals surface area (Å²) in [5.74, 6) is 1.62. The molecule has 0 radical (unpaired) electrons. The highest BCUT2D eigenvalue weighted by Gasteiger charge is 2.19. The van der Waals surface area contributed by atoms with Gasteiger partial charge in [0.25, 0.3) is 0 Å². The van der Waals surface area contributed by atoms with E-state index in [1.165, 1.54) is 16.7 Å². The Hall–Kier alpha value is -2.13. The average molecular weight is 263 g/mol. The van der Waals surface area contributed by atoms with Gasteiger partial charge in [-0.15, -0.1) is 0 Å². The third-order valence-corrected chi connectivity index (χ3v) is 4.16. The first-order chi connectivity index (χ1) is 9.81. The molecule has 0 bridgehead atoms. The minimum atomic E-state index is 0.657. The number of aryl methyl sites for hydroxylation is 1. The second-order valence-electron chi connectivity index (χ2n) is 5.53. The number of nitrogens with zero attached hydrogens (tertiary/aromatic N) is 1. The van der Waals surface area contributed by atoms with Gasteiger partial charge in [0.05, 0.1) is 11.0 Å². The normalized spacial score (nSPS) is 15.4. The van der Waals surface area contributed by atoms with Crippen LogP contribution in [0.3, 0.4) is 0 Å². The van der Waals surface area contributed by atoms with Crippen LogP contribution in [0.2, 0.25) is 0 Å². The Balaban J connectivity index is 1.80. The van der Waals surface area contributed by atoms with Crippen LogP contribution in [0.25, 0.3) is 22.4 Å². The van der Waals surface area contributed by atoms with Crippen molar-refractivity contribution in [3.05, 3.63) is 53.6 Å². The van der Waals surface area contributed by atoms with Crippen LogP contribution in [0, 0.1) is 6.92 Å². The van der Waals surface area contributed by atoms with Crippen LogP contribution in [0.15, 0.2) is 42.5 Å². The molecule has 0 aliphatic carbocycles. The first-order valence-electron chi connectivity index (χ1n) is 7.07. The van der Waals surface area contributed by atoms with E-state index in [0.29, 0.717) is 5.92 Å². The zero-order valence-corrected chi connectivity index (χ0v) is 11.5. The first-order valence-corrected chi connectivity index (χ1v) is 7.07. The summed E-state index contributed by atoms with van der Waals surface area (Å²) in [6, 6.07) is 14.9. The lowest BCUT2D eigenvalue weighted by Gasteiger charge is -2.27. The van der Waals surface area contributed by atoms with Crippen LogP contribution < -0.4 is 5.32 Å². The van der Waals surface area contributed by atoms with Gasteiger partial charge in [0.1, 0.15) is 5.82 Å². The summed E-state index contributed by atoms with van der Waals surface area (Å²) < 4.78 is 0. The molecule has 3 aromatic rings. The highest BCUT2D eigenvalue weighted by molar-refractivity contribution is 5.80. The quantitative estimate of drug-likeness (QED) is 0.745. The van der Waals surface area contributed by atoms with E-state index in [2.05, 4.69) is 59.7 Å². The van der Waals surface area contributed by atoms with Crippen molar-refractivity contribution >= 4 is 11.0 Å². The molecule has 3 heteroatoms. The maximum absolute atomic E-state index is 4.72. The monoisotopic (exact) mass is 263 g/mol. The number of hydrogen-bond acceptors (Lipinski definition) is 2. The smallest absolute Gasteiger partial charge is 0.138 e. The van der Waals surface area contributed by atoms with E-state index in [9.17, 15) is 0 Å². The summed E-state index contributed by atoms with van der Waals surface area (Å²) in [6.45, 7) is 4.29. The van der Waals surface area contributed by atoms with Gasteiger partial charge in [-0.1, -0.05) is 30.3 Å². The van der Waals surface area contributed by atoms with Gasteiger partial charge in [-0.05, 0) is 30.2 Å². The van der Waals surface area contributed by atoms with E-state index >= 15 is 0 Å². The fourth-order valence-electron chi connectivity index (χ4n) is 2.77. The molecule has 1 aliphatic rings. The number of rotatable bonds is 2. The third kappa shape index (κ3) is 1.82. The molecule has 0 saturated carbocycles. The lowest BCUT2D eigenvalue weighted by Crippen LogP contribution is -2.39. The largest absolute Gasteiger partial charge is 0.338 e. The van der Waals surface area contributed by atoms with Gasteiger partial charge in [0.15, 0.2) is 0 Å². The van der Waals surface area contributed by atoms with Crippen LogP contribution in [0.5, 0.6) is 0 Å². The van der Waals surface area contributed by atoms with Crippen LogP contribution >= 0.6 is 0 Å². The van der Waals surface area contributed by atoms with Crippen LogP contribution in [0.1, 0.15) is 17.0 Å². The Morgan fingerprint density at radius 3 is 2.70 bits per heavy atom. The van der Waals surface area contributed by atoms with Crippen LogP contribution in [-0.4, -0.2) is 23.1 Å². The molecule has 4 rings (SSSR count). The first kappa shape index (κ1) is 11.7. The number of aromatic amines is 1. The Morgan fingerprint density at radius 1 is 1.10 bits per heavy atom. The number of imidazole rings is 1. The lowest BCUT2D eigenvalue weighted by molar-refractivity contribution is 0.449. The fraction of sp³-hybridized carbons (Fsp3) is 0.235. The Kier molecular flexibility index (Phi) is 2.60. The molecule has 20 heavy (non-hydrogen) atoms. The van der Waals surface area contributed by atoms with Crippen molar-refractivity contribution in [3.8, 4) is 11.4 Å². The molecular weight excluding hydrogens is 246 g/mol. The Labute approximate surface area is 118 Å². The van der Waals surface area contributed by atoms with Gasteiger partial charge in [-0.25, -0.2) is 4.98 Å². The highest BCUT2D eigenvalue weighted by Crippen LogP contribution is 2.27. The topological polar surface area (TPSA) is 40.7 Å². The van der Waals surface area contributed by atoms with Crippen molar-refractivity contribution in [2.24, 2.45) is 0 Å². The highest BCUT2D eigenvalue weighted by atomic mass is 14.9. The van der Waals surface area contributed by atoms with Gasteiger partial charge in [-0.3, -0.25) is 0 Å². The van der Waals surface area contributed by atoms with Crippen LogP contribution in [0.4, 0.5) is 0 Å². The lowest BCUT2D eigenvalue weighted by atomic mass is 9.93. The predicted molar refractivity (Wildman–Crippen MR) is 81.9 cm³/mol. The van der Waals surface area contributed by atoms with E-state index in [1.54, 1.807) is 0 Å². The van der Waals surface area contributed by atoms with Gasteiger partial charge in [-0.2, -0.15) is 0 Å². The van der Waals surface area contributed by atoms with E-state index in [0.717, 1.165) is 29.9 Å². The maximum Gasteiger partial charge on any atom is 0.138 e. The Morgan fingerprint density at radius 2 is 1.95 bits per heavy atom. The zero-order valence-electron chi connectivity index (χ0n) is 11.5. The molecule has 1 aliphatic heterocycles. The summed E-state index contributed by atoms with van der Waals surface area (Å²) in [6.07, 6.45) is 0.